The Bertz CT molecular complexity index is 898. The fourth-order valence-electron chi connectivity index (χ4n) is 5.01. The predicted octanol–water partition coefficient (Wildman–Crippen LogP) is 4.96. The van der Waals surface area contributed by atoms with Crippen LogP contribution in [0.2, 0.25) is 0 Å². The molecular weight excluding hydrogens is 418 g/mol. The Labute approximate surface area is 197 Å². The lowest BCUT2D eigenvalue weighted by molar-refractivity contribution is 0.0357. The molecule has 1 aliphatic heterocycles. The molecule has 0 unspecified atom stereocenters. The van der Waals surface area contributed by atoms with Crippen LogP contribution in [0.5, 0.6) is 11.6 Å². The van der Waals surface area contributed by atoms with Crippen LogP contribution in [0.1, 0.15) is 52.4 Å². The van der Waals surface area contributed by atoms with Gasteiger partial charge in [0.2, 0.25) is 5.88 Å². The first kappa shape index (κ1) is 23.9. The second kappa shape index (κ2) is 11.3. The van der Waals surface area contributed by atoms with E-state index in [1.165, 1.54) is 0 Å². The largest absolute Gasteiger partial charge is 0.493 e. The first-order valence-electron chi connectivity index (χ1n) is 12.5. The Morgan fingerprint density at radius 3 is 2.67 bits per heavy atom. The molecule has 0 atom stereocenters. The third-order valence-corrected chi connectivity index (χ3v) is 6.90. The van der Waals surface area contributed by atoms with Gasteiger partial charge in [-0.15, -0.1) is 0 Å². The molecule has 2 aromatic rings. The number of benzene rings is 1. The molecule has 1 saturated carbocycles. The van der Waals surface area contributed by atoms with Gasteiger partial charge in [-0.3, -0.25) is 0 Å². The van der Waals surface area contributed by atoms with Crippen LogP contribution in [-0.4, -0.2) is 61.5 Å². The van der Waals surface area contributed by atoms with Crippen molar-refractivity contribution in [1.82, 2.24) is 15.2 Å². The van der Waals surface area contributed by atoms with E-state index in [1.54, 1.807) is 0 Å². The normalized spacial score (nSPS) is 22.1. The number of ether oxygens (including phenoxy) is 3. The molecule has 33 heavy (non-hydrogen) atoms. The summed E-state index contributed by atoms with van der Waals surface area (Å²) < 4.78 is 17.0. The van der Waals surface area contributed by atoms with Crippen molar-refractivity contribution in [3.63, 3.8) is 0 Å². The molecule has 2 N–H and O–H groups in total. The van der Waals surface area contributed by atoms with Crippen LogP contribution in [0.15, 0.2) is 24.3 Å². The summed E-state index contributed by atoms with van der Waals surface area (Å²) in [6, 6.07) is 8.51. The lowest BCUT2D eigenvalue weighted by atomic mass is 9.85. The number of fused-ring (bicyclic) bond motifs is 1. The van der Waals surface area contributed by atoms with Gasteiger partial charge in [-0.2, -0.15) is 0 Å². The number of hydrogen-bond donors (Lipinski definition) is 2. The van der Waals surface area contributed by atoms with Crippen molar-refractivity contribution in [3.8, 4) is 11.6 Å². The molecule has 4 rings (SSSR count). The third kappa shape index (κ3) is 6.64. The Morgan fingerprint density at radius 2 is 1.94 bits per heavy atom. The first-order valence-corrected chi connectivity index (χ1v) is 12.5. The quantitative estimate of drug-likeness (QED) is 0.586. The topological polar surface area (TPSA) is 75.8 Å². The van der Waals surface area contributed by atoms with Crippen molar-refractivity contribution in [2.45, 2.75) is 64.5 Å². The van der Waals surface area contributed by atoms with E-state index in [0.717, 1.165) is 74.9 Å². The van der Waals surface area contributed by atoms with Gasteiger partial charge in [0.05, 0.1) is 12.1 Å². The van der Waals surface area contributed by atoms with Crippen molar-refractivity contribution in [2.24, 2.45) is 11.8 Å². The third-order valence-electron chi connectivity index (χ3n) is 6.90. The number of hydrogen-bond acceptors (Lipinski definition) is 5. The number of nitrogens with zero attached hydrogens (tertiary/aromatic N) is 1. The Balaban J connectivity index is 1.23. The number of aromatic nitrogens is 1. The molecule has 2 aliphatic rings. The van der Waals surface area contributed by atoms with Gasteiger partial charge in [-0.05, 0) is 69.5 Å². The standard InChI is InChI=1S/C26H39N3O4/c1-18(2)17-32-24-6-4-5-23-22(24)15-25(28-23)33-26(30)27-20-9-7-19(8-10-20)16-29(3)21-11-13-31-14-12-21/h4-6,15,18-21,28H,7-14,16-17H2,1-3H3,(H,27,30). The van der Waals surface area contributed by atoms with Crippen molar-refractivity contribution in [3.05, 3.63) is 24.3 Å². The second-order valence-corrected chi connectivity index (χ2v) is 10.1. The van der Waals surface area contributed by atoms with Crippen LogP contribution in [0, 0.1) is 11.8 Å². The summed E-state index contributed by atoms with van der Waals surface area (Å²) in [6.45, 7) is 7.79. The van der Waals surface area contributed by atoms with Crippen LogP contribution in [0.4, 0.5) is 4.79 Å². The van der Waals surface area contributed by atoms with Crippen molar-refractivity contribution < 1.29 is 19.0 Å². The highest BCUT2D eigenvalue weighted by atomic mass is 16.6. The van der Waals surface area contributed by atoms with Gasteiger partial charge in [0.25, 0.3) is 0 Å². The van der Waals surface area contributed by atoms with E-state index in [9.17, 15) is 4.79 Å². The van der Waals surface area contributed by atoms with E-state index < -0.39 is 6.09 Å². The fourth-order valence-corrected chi connectivity index (χ4v) is 5.01. The maximum Gasteiger partial charge on any atom is 0.414 e. The zero-order valence-corrected chi connectivity index (χ0v) is 20.3. The van der Waals surface area contributed by atoms with Gasteiger partial charge in [-0.1, -0.05) is 19.9 Å². The number of rotatable bonds is 8. The maximum atomic E-state index is 12.5. The first-order chi connectivity index (χ1) is 16.0. The summed E-state index contributed by atoms with van der Waals surface area (Å²) in [6.07, 6.45) is 6.16. The van der Waals surface area contributed by atoms with Gasteiger partial charge in [0.15, 0.2) is 0 Å². The van der Waals surface area contributed by atoms with E-state index in [1.807, 2.05) is 24.3 Å². The highest BCUT2D eigenvalue weighted by molar-refractivity contribution is 5.88. The summed E-state index contributed by atoms with van der Waals surface area (Å²) in [5.74, 6) is 2.38. The summed E-state index contributed by atoms with van der Waals surface area (Å²) in [7, 11) is 2.25. The van der Waals surface area contributed by atoms with E-state index in [0.29, 0.717) is 30.4 Å². The lowest BCUT2D eigenvalue weighted by Gasteiger charge is -2.36. The van der Waals surface area contributed by atoms with Gasteiger partial charge < -0.3 is 29.4 Å². The van der Waals surface area contributed by atoms with E-state index in [-0.39, 0.29) is 6.04 Å². The molecule has 0 radical (unpaired) electrons. The van der Waals surface area contributed by atoms with Crippen LogP contribution in [0.3, 0.4) is 0 Å². The predicted molar refractivity (Wildman–Crippen MR) is 130 cm³/mol. The fraction of sp³-hybridized carbons (Fsp3) is 0.654. The molecule has 182 valence electrons. The monoisotopic (exact) mass is 457 g/mol. The van der Waals surface area contributed by atoms with E-state index >= 15 is 0 Å². The summed E-state index contributed by atoms with van der Waals surface area (Å²) in [4.78, 5) is 18.2. The van der Waals surface area contributed by atoms with Crippen molar-refractivity contribution in [1.29, 1.82) is 0 Å². The Hall–Kier alpha value is -2.25. The van der Waals surface area contributed by atoms with Gasteiger partial charge >= 0.3 is 6.09 Å². The van der Waals surface area contributed by atoms with Crippen LogP contribution in [0.25, 0.3) is 10.9 Å². The number of carbonyl (C=O) groups is 1. The van der Waals surface area contributed by atoms with Crippen molar-refractivity contribution in [2.75, 3.05) is 33.4 Å². The number of aromatic amines is 1. The molecule has 1 amide bonds. The highest BCUT2D eigenvalue weighted by Crippen LogP contribution is 2.30. The number of nitrogens with one attached hydrogen (secondary N) is 2. The minimum absolute atomic E-state index is 0.177. The van der Waals surface area contributed by atoms with Crippen molar-refractivity contribution >= 4 is 17.0 Å². The molecule has 2 heterocycles. The maximum absolute atomic E-state index is 12.5. The molecule has 1 aromatic heterocycles. The van der Waals surface area contributed by atoms with Crippen LogP contribution in [-0.2, 0) is 4.74 Å². The number of H-pyrrole nitrogens is 1. The smallest absolute Gasteiger partial charge is 0.414 e. The Kier molecular flexibility index (Phi) is 8.15. The summed E-state index contributed by atoms with van der Waals surface area (Å²) >= 11 is 0. The molecule has 2 fully saturated rings. The Morgan fingerprint density at radius 1 is 1.18 bits per heavy atom. The van der Waals surface area contributed by atoms with E-state index in [2.05, 4.69) is 36.1 Å². The highest BCUT2D eigenvalue weighted by Gasteiger charge is 2.26. The van der Waals surface area contributed by atoms with Gasteiger partial charge in [-0.25, -0.2) is 4.79 Å². The minimum Gasteiger partial charge on any atom is -0.493 e. The average Bonchev–Trinajstić information content (AvgIpc) is 3.22. The molecule has 1 aromatic carbocycles. The summed E-state index contributed by atoms with van der Waals surface area (Å²) in [5, 5.41) is 3.99. The molecule has 1 saturated heterocycles. The van der Waals surface area contributed by atoms with Gasteiger partial charge in [0, 0.05) is 43.3 Å². The van der Waals surface area contributed by atoms with Gasteiger partial charge in [0.1, 0.15) is 5.75 Å². The molecule has 0 spiro atoms. The lowest BCUT2D eigenvalue weighted by Crippen LogP contribution is -2.43. The average molecular weight is 458 g/mol. The van der Waals surface area contributed by atoms with Crippen LogP contribution >= 0.6 is 0 Å². The SMILES string of the molecule is CC(C)COc1cccc2[nH]c(OC(=O)NC3CCC(CN(C)C4CCOCC4)CC3)cc12. The molecule has 1 aliphatic carbocycles. The molecular formula is C26H39N3O4. The molecule has 7 heteroatoms. The zero-order valence-electron chi connectivity index (χ0n) is 20.3. The summed E-state index contributed by atoms with van der Waals surface area (Å²) in [5.41, 5.74) is 0.896. The number of amides is 1. The second-order valence-electron chi connectivity index (χ2n) is 10.1. The number of carbonyl (C=O) groups excluding carboxylic acids is 1. The zero-order chi connectivity index (χ0) is 23.2. The minimum atomic E-state index is -0.394. The van der Waals surface area contributed by atoms with Crippen LogP contribution < -0.4 is 14.8 Å². The molecule has 7 nitrogen and oxygen atoms in total. The molecule has 0 bridgehead atoms. The van der Waals surface area contributed by atoms with E-state index in [4.69, 9.17) is 14.2 Å².